The maximum atomic E-state index is 12.4. The number of likely N-dealkylation sites (N-methyl/N-ethyl adjacent to an activating group) is 1. The van der Waals surface area contributed by atoms with Gasteiger partial charge in [-0.05, 0) is 24.2 Å². The number of benzene rings is 2. The Bertz CT molecular complexity index is 699. The van der Waals surface area contributed by atoms with Gasteiger partial charge in [0.25, 0.3) is 0 Å². The van der Waals surface area contributed by atoms with Gasteiger partial charge >= 0.3 is 0 Å². The second-order valence-corrected chi connectivity index (χ2v) is 6.02. The molecule has 0 aromatic heterocycles. The third-order valence-electron chi connectivity index (χ3n) is 3.74. The Balaban J connectivity index is 2.00. The number of carbonyl (C=O) groups excluding carboxylic acids is 1. The number of nitrogens with zero attached hydrogens (tertiary/aromatic N) is 1. The highest BCUT2D eigenvalue weighted by Gasteiger charge is 2.11. The maximum absolute atomic E-state index is 12.4. The lowest BCUT2D eigenvalue weighted by atomic mass is 10.2. The van der Waals surface area contributed by atoms with Crippen molar-refractivity contribution < 1.29 is 14.3 Å². The van der Waals surface area contributed by atoms with Gasteiger partial charge in [-0.15, -0.1) is 0 Å². The summed E-state index contributed by atoms with van der Waals surface area (Å²) in [5.41, 5.74) is 1.71. The first-order valence-corrected chi connectivity index (χ1v) is 8.41. The molecule has 0 aliphatic rings. The maximum Gasteiger partial charge on any atom is 0.238 e. The molecule has 2 rings (SSSR count). The monoisotopic (exact) mass is 362 g/mol. The van der Waals surface area contributed by atoms with Crippen LogP contribution in [0.5, 0.6) is 11.5 Å². The molecule has 0 heterocycles. The number of carbonyl (C=O) groups is 1. The van der Waals surface area contributed by atoms with Gasteiger partial charge in [0, 0.05) is 35.5 Å². The number of nitrogens with one attached hydrogen (secondary N) is 1. The van der Waals surface area contributed by atoms with Gasteiger partial charge in [-0.3, -0.25) is 9.69 Å². The molecule has 0 atom stereocenters. The topological polar surface area (TPSA) is 50.8 Å². The van der Waals surface area contributed by atoms with Crippen molar-refractivity contribution in [3.8, 4) is 11.5 Å². The van der Waals surface area contributed by atoms with Crippen LogP contribution in [0, 0.1) is 0 Å². The average molecular weight is 363 g/mol. The highest BCUT2D eigenvalue weighted by molar-refractivity contribution is 6.30. The number of halogens is 1. The standard InChI is InChI=1S/C19H23ClN2O3/c1-4-22(12-14-6-5-7-15(20)8-14)13-19(23)21-16-9-17(24-2)11-18(10-16)25-3/h5-11H,4,12-13H2,1-3H3,(H,21,23). The predicted molar refractivity (Wildman–Crippen MR) is 101 cm³/mol. The Morgan fingerprint density at radius 3 is 2.36 bits per heavy atom. The zero-order valence-electron chi connectivity index (χ0n) is 14.7. The van der Waals surface area contributed by atoms with Crippen molar-refractivity contribution in [1.82, 2.24) is 4.90 Å². The Labute approximate surface area is 153 Å². The molecule has 1 amide bonds. The Hall–Kier alpha value is -2.24. The molecule has 1 N–H and O–H groups in total. The lowest BCUT2D eigenvalue weighted by Gasteiger charge is -2.20. The fourth-order valence-corrected chi connectivity index (χ4v) is 2.67. The second kappa shape index (κ2) is 9.30. The molecule has 0 bridgehead atoms. The van der Waals surface area contributed by atoms with Crippen molar-refractivity contribution in [2.24, 2.45) is 0 Å². The van der Waals surface area contributed by atoms with E-state index in [4.69, 9.17) is 21.1 Å². The van der Waals surface area contributed by atoms with Crippen molar-refractivity contribution in [2.75, 3.05) is 32.6 Å². The molecule has 0 aliphatic carbocycles. The van der Waals surface area contributed by atoms with E-state index in [1.807, 2.05) is 36.1 Å². The quantitative estimate of drug-likeness (QED) is 0.775. The summed E-state index contributed by atoms with van der Waals surface area (Å²) in [6.07, 6.45) is 0. The molecule has 0 unspecified atom stereocenters. The first-order chi connectivity index (χ1) is 12.0. The number of ether oxygens (including phenoxy) is 2. The third kappa shape index (κ3) is 5.96. The highest BCUT2D eigenvalue weighted by atomic mass is 35.5. The van der Waals surface area contributed by atoms with E-state index in [0.29, 0.717) is 28.8 Å². The summed E-state index contributed by atoms with van der Waals surface area (Å²) in [4.78, 5) is 14.4. The van der Waals surface area contributed by atoms with Gasteiger partial charge in [-0.1, -0.05) is 30.7 Å². The zero-order valence-corrected chi connectivity index (χ0v) is 15.5. The zero-order chi connectivity index (χ0) is 18.2. The van der Waals surface area contributed by atoms with Crippen LogP contribution in [-0.2, 0) is 11.3 Å². The van der Waals surface area contributed by atoms with E-state index in [2.05, 4.69) is 5.32 Å². The van der Waals surface area contributed by atoms with Crippen LogP contribution in [0.4, 0.5) is 5.69 Å². The Kier molecular flexibility index (Phi) is 7.10. The number of hydrogen-bond donors (Lipinski definition) is 1. The second-order valence-electron chi connectivity index (χ2n) is 5.58. The summed E-state index contributed by atoms with van der Waals surface area (Å²) in [6.45, 7) is 3.71. The number of rotatable bonds is 8. The number of methoxy groups -OCH3 is 2. The van der Waals surface area contributed by atoms with Gasteiger partial charge in [0.05, 0.1) is 20.8 Å². The molecule has 0 saturated heterocycles. The summed E-state index contributed by atoms with van der Waals surface area (Å²) in [7, 11) is 3.15. The molecule has 2 aromatic rings. The molecular weight excluding hydrogens is 340 g/mol. The summed E-state index contributed by atoms with van der Waals surface area (Å²) < 4.78 is 10.4. The summed E-state index contributed by atoms with van der Waals surface area (Å²) in [5, 5.41) is 3.58. The van der Waals surface area contributed by atoms with E-state index in [0.717, 1.165) is 12.1 Å². The first kappa shape index (κ1) is 19.1. The third-order valence-corrected chi connectivity index (χ3v) is 3.98. The molecule has 0 aliphatic heterocycles. The minimum Gasteiger partial charge on any atom is -0.497 e. The number of hydrogen-bond acceptors (Lipinski definition) is 4. The minimum atomic E-state index is -0.0980. The van der Waals surface area contributed by atoms with Crippen molar-refractivity contribution >= 4 is 23.2 Å². The Morgan fingerprint density at radius 2 is 1.80 bits per heavy atom. The fourth-order valence-electron chi connectivity index (χ4n) is 2.46. The van der Waals surface area contributed by atoms with E-state index in [-0.39, 0.29) is 12.5 Å². The SMILES string of the molecule is CCN(CC(=O)Nc1cc(OC)cc(OC)c1)Cc1cccc(Cl)c1. The molecule has 0 radical (unpaired) electrons. The molecule has 0 saturated carbocycles. The smallest absolute Gasteiger partial charge is 0.238 e. The van der Waals surface area contributed by atoms with Gasteiger partial charge in [-0.2, -0.15) is 0 Å². The average Bonchev–Trinajstić information content (AvgIpc) is 2.60. The minimum absolute atomic E-state index is 0.0980. The summed E-state index contributed by atoms with van der Waals surface area (Å²) >= 11 is 6.02. The van der Waals surface area contributed by atoms with Crippen molar-refractivity contribution in [3.63, 3.8) is 0 Å². The molecule has 0 spiro atoms. The molecule has 0 fully saturated rings. The van der Waals surface area contributed by atoms with E-state index in [9.17, 15) is 4.79 Å². The van der Waals surface area contributed by atoms with Crippen LogP contribution in [0.1, 0.15) is 12.5 Å². The summed E-state index contributed by atoms with van der Waals surface area (Å²) in [6, 6.07) is 12.9. The largest absolute Gasteiger partial charge is 0.497 e. The normalized spacial score (nSPS) is 10.6. The summed E-state index contributed by atoms with van der Waals surface area (Å²) in [5.74, 6) is 1.15. The van der Waals surface area contributed by atoms with Crippen LogP contribution in [0.15, 0.2) is 42.5 Å². The van der Waals surface area contributed by atoms with Crippen molar-refractivity contribution in [1.29, 1.82) is 0 Å². The van der Waals surface area contributed by atoms with Crippen LogP contribution in [-0.4, -0.2) is 38.1 Å². The van der Waals surface area contributed by atoms with E-state index < -0.39 is 0 Å². The molecule has 6 heteroatoms. The van der Waals surface area contributed by atoms with E-state index in [1.54, 1.807) is 32.4 Å². The van der Waals surface area contributed by atoms with Crippen LogP contribution in [0.25, 0.3) is 0 Å². The molecule has 5 nitrogen and oxygen atoms in total. The van der Waals surface area contributed by atoms with Crippen LogP contribution in [0.2, 0.25) is 5.02 Å². The predicted octanol–water partition coefficient (Wildman–Crippen LogP) is 3.82. The van der Waals surface area contributed by atoms with Gasteiger partial charge in [-0.25, -0.2) is 0 Å². The van der Waals surface area contributed by atoms with Gasteiger partial charge in [0.2, 0.25) is 5.91 Å². The van der Waals surface area contributed by atoms with Crippen LogP contribution < -0.4 is 14.8 Å². The van der Waals surface area contributed by atoms with Crippen molar-refractivity contribution in [2.45, 2.75) is 13.5 Å². The lowest BCUT2D eigenvalue weighted by Crippen LogP contribution is -2.32. The number of anilines is 1. The first-order valence-electron chi connectivity index (χ1n) is 8.03. The van der Waals surface area contributed by atoms with Gasteiger partial charge in [0.15, 0.2) is 0 Å². The number of amides is 1. The van der Waals surface area contributed by atoms with Gasteiger partial charge < -0.3 is 14.8 Å². The highest BCUT2D eigenvalue weighted by Crippen LogP contribution is 2.25. The van der Waals surface area contributed by atoms with Crippen LogP contribution >= 0.6 is 11.6 Å². The molecule has 25 heavy (non-hydrogen) atoms. The Morgan fingerprint density at radius 1 is 1.12 bits per heavy atom. The van der Waals surface area contributed by atoms with Crippen LogP contribution in [0.3, 0.4) is 0 Å². The molecule has 2 aromatic carbocycles. The fraction of sp³-hybridized carbons (Fsp3) is 0.316. The van der Waals surface area contributed by atoms with E-state index >= 15 is 0 Å². The van der Waals surface area contributed by atoms with Gasteiger partial charge in [0.1, 0.15) is 11.5 Å². The molecule has 134 valence electrons. The van der Waals surface area contributed by atoms with Crippen molar-refractivity contribution in [3.05, 3.63) is 53.1 Å². The lowest BCUT2D eigenvalue weighted by molar-refractivity contribution is -0.117. The van der Waals surface area contributed by atoms with E-state index in [1.165, 1.54) is 0 Å². The molecular formula is C19H23ClN2O3.